The van der Waals surface area contributed by atoms with Crippen molar-refractivity contribution in [1.82, 2.24) is 15.6 Å². The van der Waals surface area contributed by atoms with E-state index in [1.807, 2.05) is 13.0 Å². The normalized spacial score (nSPS) is 16.0. The molecule has 0 saturated heterocycles. The SMILES string of the molecule is Cc1ncsc1C(=O)NCC1NCCc2ccccc21.Cl.Cl. The van der Waals surface area contributed by atoms with E-state index in [1.54, 1.807) is 5.51 Å². The maximum absolute atomic E-state index is 12.1. The smallest absolute Gasteiger partial charge is 0.263 e. The number of carbonyl (C=O) groups excluding carboxylic acids is 1. The van der Waals surface area contributed by atoms with E-state index in [4.69, 9.17) is 0 Å². The Labute approximate surface area is 146 Å². The van der Waals surface area contributed by atoms with E-state index in [2.05, 4.69) is 33.8 Å². The molecule has 0 spiro atoms. The van der Waals surface area contributed by atoms with Crippen LogP contribution in [0.5, 0.6) is 0 Å². The Morgan fingerprint density at radius 1 is 1.41 bits per heavy atom. The summed E-state index contributed by atoms with van der Waals surface area (Å²) in [5.74, 6) is -0.0325. The summed E-state index contributed by atoms with van der Waals surface area (Å²) in [6, 6.07) is 8.61. The average molecular weight is 360 g/mol. The number of benzene rings is 1. The van der Waals surface area contributed by atoms with Crippen molar-refractivity contribution >= 4 is 42.1 Å². The molecular weight excluding hydrogens is 341 g/mol. The number of hydrogen-bond donors (Lipinski definition) is 2. The van der Waals surface area contributed by atoms with Gasteiger partial charge in [-0.05, 0) is 31.0 Å². The van der Waals surface area contributed by atoms with Crippen LogP contribution < -0.4 is 10.6 Å². The Bertz CT molecular complexity index is 633. The number of thiazole rings is 1. The number of rotatable bonds is 3. The largest absolute Gasteiger partial charge is 0.349 e. The molecule has 1 amide bonds. The minimum atomic E-state index is -0.0325. The first-order valence-corrected chi connectivity index (χ1v) is 7.63. The van der Waals surface area contributed by atoms with Gasteiger partial charge in [0.1, 0.15) is 4.88 Å². The minimum absolute atomic E-state index is 0. The fourth-order valence-corrected chi connectivity index (χ4v) is 3.29. The molecule has 3 rings (SSSR count). The standard InChI is InChI=1S/C15H17N3OS.2ClH/c1-10-14(20-9-18-10)15(19)17-8-13-12-5-3-2-4-11(12)6-7-16-13;;/h2-5,9,13,16H,6-8H2,1H3,(H,17,19);2*1H. The van der Waals surface area contributed by atoms with Gasteiger partial charge in [0.25, 0.3) is 5.91 Å². The lowest BCUT2D eigenvalue weighted by molar-refractivity contribution is 0.0952. The predicted molar refractivity (Wildman–Crippen MR) is 94.6 cm³/mol. The van der Waals surface area contributed by atoms with E-state index in [0.717, 1.165) is 18.7 Å². The van der Waals surface area contributed by atoms with Crippen molar-refractivity contribution in [2.45, 2.75) is 19.4 Å². The third kappa shape index (κ3) is 3.98. The monoisotopic (exact) mass is 359 g/mol. The van der Waals surface area contributed by atoms with Crippen molar-refractivity contribution < 1.29 is 4.79 Å². The topological polar surface area (TPSA) is 54.0 Å². The van der Waals surface area contributed by atoms with Gasteiger partial charge in [-0.25, -0.2) is 4.98 Å². The van der Waals surface area contributed by atoms with Gasteiger partial charge >= 0.3 is 0 Å². The van der Waals surface area contributed by atoms with E-state index in [0.29, 0.717) is 11.4 Å². The van der Waals surface area contributed by atoms with Crippen molar-refractivity contribution in [3.05, 3.63) is 51.5 Å². The van der Waals surface area contributed by atoms with Gasteiger partial charge in [0.2, 0.25) is 0 Å². The number of amides is 1. The summed E-state index contributed by atoms with van der Waals surface area (Å²) < 4.78 is 0. The van der Waals surface area contributed by atoms with Crippen LogP contribution in [0, 0.1) is 6.92 Å². The molecule has 2 heterocycles. The molecule has 0 saturated carbocycles. The highest BCUT2D eigenvalue weighted by atomic mass is 35.5. The summed E-state index contributed by atoms with van der Waals surface area (Å²) in [5.41, 5.74) is 5.17. The van der Waals surface area contributed by atoms with Crippen LogP contribution in [-0.4, -0.2) is 24.0 Å². The fraction of sp³-hybridized carbons (Fsp3) is 0.333. The third-order valence-electron chi connectivity index (χ3n) is 3.63. The molecule has 1 aromatic carbocycles. The number of halogens is 2. The Hall–Kier alpha value is -1.14. The molecule has 0 bridgehead atoms. The summed E-state index contributed by atoms with van der Waals surface area (Å²) in [6.45, 7) is 3.42. The molecular formula is C15H19Cl2N3OS. The number of fused-ring (bicyclic) bond motifs is 1. The molecule has 1 aromatic heterocycles. The van der Waals surface area contributed by atoms with Crippen molar-refractivity contribution in [1.29, 1.82) is 0 Å². The predicted octanol–water partition coefficient (Wildman–Crippen LogP) is 2.91. The lowest BCUT2D eigenvalue weighted by Crippen LogP contribution is -2.38. The highest BCUT2D eigenvalue weighted by molar-refractivity contribution is 7.11. The number of hydrogen-bond acceptors (Lipinski definition) is 4. The van der Waals surface area contributed by atoms with Gasteiger partial charge in [-0.2, -0.15) is 0 Å². The second-order valence-electron chi connectivity index (χ2n) is 4.93. The van der Waals surface area contributed by atoms with Crippen LogP contribution in [0.4, 0.5) is 0 Å². The number of aryl methyl sites for hydroxylation is 1. The second kappa shape index (κ2) is 8.48. The van der Waals surface area contributed by atoms with Gasteiger partial charge in [-0.1, -0.05) is 24.3 Å². The Kier molecular flexibility index (Phi) is 7.29. The van der Waals surface area contributed by atoms with Crippen molar-refractivity contribution in [3.8, 4) is 0 Å². The Morgan fingerprint density at radius 2 is 2.18 bits per heavy atom. The molecule has 1 aliphatic heterocycles. The highest BCUT2D eigenvalue weighted by Gasteiger charge is 2.20. The molecule has 2 N–H and O–H groups in total. The van der Waals surface area contributed by atoms with E-state index >= 15 is 0 Å². The average Bonchev–Trinajstić information content (AvgIpc) is 2.91. The molecule has 0 aliphatic carbocycles. The minimum Gasteiger partial charge on any atom is -0.349 e. The summed E-state index contributed by atoms with van der Waals surface area (Å²) in [5, 5.41) is 6.47. The Morgan fingerprint density at radius 3 is 2.91 bits per heavy atom. The van der Waals surface area contributed by atoms with Crippen molar-refractivity contribution in [2.24, 2.45) is 0 Å². The summed E-state index contributed by atoms with van der Waals surface area (Å²) in [7, 11) is 0. The van der Waals surface area contributed by atoms with Crippen LogP contribution >= 0.6 is 36.2 Å². The zero-order chi connectivity index (χ0) is 13.9. The van der Waals surface area contributed by atoms with Crippen LogP contribution in [-0.2, 0) is 6.42 Å². The third-order valence-corrected chi connectivity index (χ3v) is 4.56. The quantitative estimate of drug-likeness (QED) is 0.885. The molecule has 120 valence electrons. The van der Waals surface area contributed by atoms with Gasteiger partial charge in [-0.15, -0.1) is 36.2 Å². The first-order valence-electron chi connectivity index (χ1n) is 6.75. The molecule has 22 heavy (non-hydrogen) atoms. The van der Waals surface area contributed by atoms with Gasteiger partial charge in [0, 0.05) is 12.6 Å². The zero-order valence-electron chi connectivity index (χ0n) is 12.2. The molecule has 4 nitrogen and oxygen atoms in total. The fourth-order valence-electron chi connectivity index (χ4n) is 2.57. The first-order chi connectivity index (χ1) is 9.75. The molecule has 0 radical (unpaired) electrons. The van der Waals surface area contributed by atoms with Crippen LogP contribution in [0.2, 0.25) is 0 Å². The van der Waals surface area contributed by atoms with Crippen LogP contribution in [0.1, 0.15) is 32.5 Å². The lowest BCUT2D eigenvalue weighted by Gasteiger charge is -2.27. The molecule has 7 heteroatoms. The van der Waals surface area contributed by atoms with Crippen molar-refractivity contribution in [3.63, 3.8) is 0 Å². The molecule has 2 aromatic rings. The molecule has 1 atom stereocenters. The maximum atomic E-state index is 12.1. The lowest BCUT2D eigenvalue weighted by atomic mass is 9.94. The van der Waals surface area contributed by atoms with Gasteiger partial charge in [-0.3, -0.25) is 4.79 Å². The van der Waals surface area contributed by atoms with Crippen LogP contribution in [0.25, 0.3) is 0 Å². The van der Waals surface area contributed by atoms with Gasteiger partial charge in [0.05, 0.1) is 11.2 Å². The molecule has 1 aliphatic rings. The van der Waals surface area contributed by atoms with Gasteiger partial charge < -0.3 is 10.6 Å². The maximum Gasteiger partial charge on any atom is 0.263 e. The molecule has 1 unspecified atom stereocenters. The van der Waals surface area contributed by atoms with E-state index in [-0.39, 0.29) is 36.8 Å². The summed E-state index contributed by atoms with van der Waals surface area (Å²) >= 11 is 1.39. The van der Waals surface area contributed by atoms with Gasteiger partial charge in [0.15, 0.2) is 0 Å². The van der Waals surface area contributed by atoms with Crippen LogP contribution in [0.15, 0.2) is 29.8 Å². The van der Waals surface area contributed by atoms with E-state index < -0.39 is 0 Å². The molecule has 0 fully saturated rings. The first kappa shape index (κ1) is 18.9. The zero-order valence-corrected chi connectivity index (χ0v) is 14.6. The Balaban J connectivity index is 0.00000121. The van der Waals surface area contributed by atoms with E-state index in [9.17, 15) is 4.79 Å². The van der Waals surface area contributed by atoms with Crippen LogP contribution in [0.3, 0.4) is 0 Å². The summed E-state index contributed by atoms with van der Waals surface area (Å²) in [4.78, 5) is 16.9. The second-order valence-corrected chi connectivity index (χ2v) is 5.79. The number of aromatic nitrogens is 1. The van der Waals surface area contributed by atoms with E-state index in [1.165, 1.54) is 22.5 Å². The number of carbonyl (C=O) groups is 1. The summed E-state index contributed by atoms with van der Waals surface area (Å²) in [6.07, 6.45) is 1.05. The van der Waals surface area contributed by atoms with Crippen molar-refractivity contribution in [2.75, 3.05) is 13.1 Å². The number of nitrogens with one attached hydrogen (secondary N) is 2. The highest BCUT2D eigenvalue weighted by Crippen LogP contribution is 2.22. The number of nitrogens with zero attached hydrogens (tertiary/aromatic N) is 1.